The number of rotatable bonds is 2. The average Bonchev–Trinajstić information content (AvgIpc) is 2.32. The zero-order valence-corrected chi connectivity index (χ0v) is 11.6. The molecule has 0 saturated heterocycles. The third-order valence-corrected chi connectivity index (χ3v) is 4.80. The highest BCUT2D eigenvalue weighted by Gasteiger charge is 2.30. The van der Waals surface area contributed by atoms with Gasteiger partial charge in [0.15, 0.2) is 0 Å². The molecule has 0 aromatic heterocycles. The summed E-state index contributed by atoms with van der Waals surface area (Å²) in [4.78, 5) is 0.508. The van der Waals surface area contributed by atoms with Crippen LogP contribution in [0.1, 0.15) is 36.8 Å². The summed E-state index contributed by atoms with van der Waals surface area (Å²) < 4.78 is 37.3. The molecule has 2 rings (SSSR count). The predicted octanol–water partition coefficient (Wildman–Crippen LogP) is 5.20. The van der Waals surface area contributed by atoms with Gasteiger partial charge < -0.3 is 0 Å². The van der Waals surface area contributed by atoms with Crippen LogP contribution in [-0.2, 0) is 12.6 Å². The molecule has 1 aromatic rings. The lowest BCUT2D eigenvalue weighted by atomic mass is 9.84. The fourth-order valence-corrected chi connectivity index (χ4v) is 3.30. The molecule has 2 unspecified atom stereocenters. The van der Waals surface area contributed by atoms with Crippen molar-refractivity contribution in [3.63, 3.8) is 0 Å². The van der Waals surface area contributed by atoms with Gasteiger partial charge in [-0.3, -0.25) is 0 Å². The van der Waals surface area contributed by atoms with Gasteiger partial charge in [-0.05, 0) is 42.9 Å². The minimum atomic E-state index is -4.23. The van der Waals surface area contributed by atoms with E-state index in [4.69, 9.17) is 0 Å². The predicted molar refractivity (Wildman–Crippen MR) is 69.8 cm³/mol. The lowest BCUT2D eigenvalue weighted by Gasteiger charge is -2.27. The van der Waals surface area contributed by atoms with Gasteiger partial charge in [0, 0.05) is 4.83 Å². The molecule has 0 N–H and O–H groups in total. The number of hydrogen-bond acceptors (Lipinski definition) is 0. The molecule has 0 nitrogen and oxygen atoms in total. The zero-order valence-electron chi connectivity index (χ0n) is 10.0. The quantitative estimate of drug-likeness (QED) is 0.657. The highest BCUT2D eigenvalue weighted by molar-refractivity contribution is 9.09. The largest absolute Gasteiger partial charge is 0.416 e. The van der Waals surface area contributed by atoms with Gasteiger partial charge in [0.2, 0.25) is 0 Å². The summed E-state index contributed by atoms with van der Waals surface area (Å²) in [5.74, 6) is 0.551. The molecule has 0 heterocycles. The molecule has 18 heavy (non-hydrogen) atoms. The smallest absolute Gasteiger partial charge is 0.166 e. The van der Waals surface area contributed by atoms with Crippen LogP contribution in [-0.4, -0.2) is 4.83 Å². The number of halogens is 4. The van der Waals surface area contributed by atoms with Crippen molar-refractivity contribution in [3.8, 4) is 0 Å². The fourth-order valence-electron chi connectivity index (χ4n) is 2.52. The van der Waals surface area contributed by atoms with E-state index < -0.39 is 11.7 Å². The first-order chi connectivity index (χ1) is 8.47. The maximum Gasteiger partial charge on any atom is 0.416 e. The summed E-state index contributed by atoms with van der Waals surface area (Å²) in [6.07, 6.45) is 1.45. The van der Waals surface area contributed by atoms with Gasteiger partial charge in [-0.2, -0.15) is 13.2 Å². The molecule has 1 aliphatic carbocycles. The van der Waals surface area contributed by atoms with Gasteiger partial charge in [-0.15, -0.1) is 0 Å². The Morgan fingerprint density at radius 2 is 1.67 bits per heavy atom. The van der Waals surface area contributed by atoms with Crippen LogP contribution in [0.25, 0.3) is 0 Å². The summed E-state index contributed by atoms with van der Waals surface area (Å²) in [6.45, 7) is 0. The normalized spacial score (nSPS) is 25.1. The van der Waals surface area contributed by atoms with Crippen molar-refractivity contribution in [2.45, 2.75) is 43.1 Å². The first-order valence-corrected chi connectivity index (χ1v) is 7.18. The second-order valence-electron chi connectivity index (χ2n) is 4.96. The molecule has 1 saturated carbocycles. The van der Waals surface area contributed by atoms with Gasteiger partial charge in [0.25, 0.3) is 0 Å². The Morgan fingerprint density at radius 1 is 1.06 bits per heavy atom. The van der Waals surface area contributed by atoms with Crippen LogP contribution in [0, 0.1) is 5.92 Å². The highest BCUT2D eigenvalue weighted by Crippen LogP contribution is 2.33. The third kappa shape index (κ3) is 3.50. The minimum absolute atomic E-state index is 0.508. The van der Waals surface area contributed by atoms with Crippen molar-refractivity contribution >= 4 is 15.9 Å². The zero-order chi connectivity index (χ0) is 13.2. The molecule has 1 aliphatic rings. The van der Waals surface area contributed by atoms with E-state index in [1.54, 1.807) is 12.1 Å². The van der Waals surface area contributed by atoms with Crippen LogP contribution in [0.4, 0.5) is 13.2 Å². The molecule has 0 radical (unpaired) electrons. The fraction of sp³-hybridized carbons (Fsp3) is 0.571. The molecule has 0 aliphatic heterocycles. The van der Waals surface area contributed by atoms with Crippen molar-refractivity contribution < 1.29 is 13.2 Å². The molecule has 1 aromatic carbocycles. The summed E-state index contributed by atoms with van der Waals surface area (Å²) in [5, 5.41) is 0. The number of benzene rings is 1. The first-order valence-electron chi connectivity index (χ1n) is 6.27. The summed E-state index contributed by atoms with van der Waals surface area (Å²) in [5.41, 5.74) is 0.435. The minimum Gasteiger partial charge on any atom is -0.166 e. The van der Waals surface area contributed by atoms with Crippen LogP contribution >= 0.6 is 15.9 Å². The Labute approximate surface area is 114 Å². The standard InChI is InChI=1S/C14H16BrF3/c15-13-4-2-1-3-11(13)9-10-5-7-12(8-6-10)14(16,17)18/h5-8,11,13H,1-4,9H2. The summed E-state index contributed by atoms with van der Waals surface area (Å²) in [7, 11) is 0. The Bertz CT molecular complexity index is 383. The Kier molecular flexibility index (Phi) is 4.36. The highest BCUT2D eigenvalue weighted by atomic mass is 79.9. The molecule has 0 bridgehead atoms. The van der Waals surface area contributed by atoms with E-state index in [1.165, 1.54) is 31.4 Å². The second kappa shape index (κ2) is 5.64. The molecule has 1 fully saturated rings. The molecular formula is C14H16BrF3. The lowest BCUT2D eigenvalue weighted by molar-refractivity contribution is -0.137. The van der Waals surface area contributed by atoms with Crippen molar-refractivity contribution in [2.24, 2.45) is 5.92 Å². The third-order valence-electron chi connectivity index (χ3n) is 3.60. The van der Waals surface area contributed by atoms with Crippen molar-refractivity contribution in [2.75, 3.05) is 0 Å². The molecular weight excluding hydrogens is 305 g/mol. The van der Waals surface area contributed by atoms with E-state index >= 15 is 0 Å². The van der Waals surface area contributed by atoms with Crippen molar-refractivity contribution in [1.82, 2.24) is 0 Å². The first kappa shape index (κ1) is 13.9. The SMILES string of the molecule is FC(F)(F)c1ccc(CC2CCCCC2Br)cc1. The van der Waals surface area contributed by atoms with E-state index in [1.807, 2.05) is 0 Å². The average molecular weight is 321 g/mol. The topological polar surface area (TPSA) is 0 Å². The molecule has 100 valence electrons. The van der Waals surface area contributed by atoms with E-state index in [0.717, 1.165) is 18.4 Å². The summed E-state index contributed by atoms with van der Waals surface area (Å²) in [6, 6.07) is 5.58. The van der Waals surface area contributed by atoms with Crippen LogP contribution < -0.4 is 0 Å². The maximum atomic E-state index is 12.4. The molecule has 0 spiro atoms. The van der Waals surface area contributed by atoms with Gasteiger partial charge in [0.1, 0.15) is 0 Å². The maximum absolute atomic E-state index is 12.4. The molecule has 2 atom stereocenters. The van der Waals surface area contributed by atoms with Crippen molar-refractivity contribution in [1.29, 1.82) is 0 Å². The number of alkyl halides is 4. The van der Waals surface area contributed by atoms with Crippen LogP contribution in [0.15, 0.2) is 24.3 Å². The Balaban J connectivity index is 2.02. The van der Waals surface area contributed by atoms with Gasteiger partial charge in [0.05, 0.1) is 5.56 Å². The van der Waals surface area contributed by atoms with Gasteiger partial charge in [-0.25, -0.2) is 0 Å². The Morgan fingerprint density at radius 3 is 2.22 bits per heavy atom. The van der Waals surface area contributed by atoms with Crippen LogP contribution in [0.3, 0.4) is 0 Å². The Hall–Kier alpha value is -0.510. The summed E-state index contributed by atoms with van der Waals surface area (Å²) >= 11 is 3.68. The number of hydrogen-bond donors (Lipinski definition) is 0. The van der Waals surface area contributed by atoms with E-state index in [2.05, 4.69) is 15.9 Å². The van der Waals surface area contributed by atoms with Crippen LogP contribution in [0.2, 0.25) is 0 Å². The van der Waals surface area contributed by atoms with E-state index in [-0.39, 0.29) is 0 Å². The van der Waals surface area contributed by atoms with Gasteiger partial charge >= 0.3 is 6.18 Å². The molecule has 4 heteroatoms. The van der Waals surface area contributed by atoms with Gasteiger partial charge in [-0.1, -0.05) is 40.9 Å². The van der Waals surface area contributed by atoms with Crippen molar-refractivity contribution in [3.05, 3.63) is 35.4 Å². The van der Waals surface area contributed by atoms with Crippen LogP contribution in [0.5, 0.6) is 0 Å². The van der Waals surface area contributed by atoms with E-state index in [9.17, 15) is 13.2 Å². The lowest BCUT2D eigenvalue weighted by Crippen LogP contribution is -2.21. The second-order valence-corrected chi connectivity index (χ2v) is 6.14. The monoisotopic (exact) mass is 320 g/mol. The van der Waals surface area contributed by atoms with E-state index in [0.29, 0.717) is 10.7 Å². The molecule has 0 amide bonds.